The number of aromatic nitrogens is 1. The molecule has 1 heterocycles. The minimum atomic E-state index is -3.67. The standard InChI is InChI=1S/C18H24N4O3S/c1-22(13-9-16-6-10-20-11-7-16)14-18(23)21-12-8-15-2-4-17(5-3-15)26(19,24)25/h2-7,10-11H,8-9,12-14H2,1H3,(H,21,23)(H2,19,24,25). The molecule has 0 atom stereocenters. The Hall–Kier alpha value is -2.29. The van der Waals surface area contributed by atoms with Gasteiger partial charge in [0, 0.05) is 25.5 Å². The van der Waals surface area contributed by atoms with Crippen LogP contribution in [0.25, 0.3) is 0 Å². The summed E-state index contributed by atoms with van der Waals surface area (Å²) in [5, 5.41) is 7.93. The Bertz CT molecular complexity index is 808. The lowest BCUT2D eigenvalue weighted by atomic mass is 10.1. The van der Waals surface area contributed by atoms with Crippen LogP contribution in [-0.4, -0.2) is 50.9 Å². The maximum Gasteiger partial charge on any atom is 0.238 e. The molecule has 2 rings (SSSR count). The van der Waals surface area contributed by atoms with Crippen molar-refractivity contribution in [2.75, 3.05) is 26.7 Å². The Labute approximate surface area is 154 Å². The van der Waals surface area contributed by atoms with Crippen LogP contribution in [0.2, 0.25) is 0 Å². The van der Waals surface area contributed by atoms with Crippen LogP contribution >= 0.6 is 0 Å². The van der Waals surface area contributed by atoms with Crippen molar-refractivity contribution < 1.29 is 13.2 Å². The van der Waals surface area contributed by atoms with Crippen molar-refractivity contribution in [1.82, 2.24) is 15.2 Å². The molecule has 1 amide bonds. The van der Waals surface area contributed by atoms with Crippen molar-refractivity contribution in [3.05, 3.63) is 59.9 Å². The molecule has 1 aromatic carbocycles. The van der Waals surface area contributed by atoms with E-state index in [-0.39, 0.29) is 10.8 Å². The van der Waals surface area contributed by atoms with Crippen molar-refractivity contribution in [2.45, 2.75) is 17.7 Å². The third kappa shape index (κ3) is 6.91. The van der Waals surface area contributed by atoms with Gasteiger partial charge in [-0.05, 0) is 55.3 Å². The van der Waals surface area contributed by atoms with Crippen molar-refractivity contribution in [3.8, 4) is 0 Å². The average Bonchev–Trinajstić information content (AvgIpc) is 2.60. The minimum absolute atomic E-state index is 0.0385. The van der Waals surface area contributed by atoms with E-state index in [1.165, 1.54) is 17.7 Å². The van der Waals surface area contributed by atoms with Crippen LogP contribution in [0.3, 0.4) is 0 Å². The number of amides is 1. The summed E-state index contributed by atoms with van der Waals surface area (Å²) in [6, 6.07) is 10.3. The highest BCUT2D eigenvalue weighted by Gasteiger charge is 2.08. The van der Waals surface area contributed by atoms with E-state index in [4.69, 9.17) is 5.14 Å². The summed E-state index contributed by atoms with van der Waals surface area (Å²) in [4.78, 5) is 18.0. The van der Waals surface area contributed by atoms with Crippen LogP contribution in [0.5, 0.6) is 0 Å². The number of hydrogen-bond donors (Lipinski definition) is 2. The fourth-order valence-corrected chi connectivity index (χ4v) is 2.96. The van der Waals surface area contributed by atoms with Crippen LogP contribution in [0.1, 0.15) is 11.1 Å². The van der Waals surface area contributed by atoms with Crippen molar-refractivity contribution >= 4 is 15.9 Å². The highest BCUT2D eigenvalue weighted by Crippen LogP contribution is 2.08. The van der Waals surface area contributed by atoms with E-state index >= 15 is 0 Å². The molecule has 0 bridgehead atoms. The van der Waals surface area contributed by atoms with E-state index in [1.54, 1.807) is 24.5 Å². The SMILES string of the molecule is CN(CCc1ccncc1)CC(=O)NCCc1ccc(S(N)(=O)=O)cc1. The van der Waals surface area contributed by atoms with Gasteiger partial charge in [0.25, 0.3) is 0 Å². The molecule has 0 radical (unpaired) electrons. The number of primary sulfonamides is 1. The molecule has 0 unspecified atom stereocenters. The van der Waals surface area contributed by atoms with Crippen LogP contribution in [0.4, 0.5) is 0 Å². The molecule has 0 saturated carbocycles. The first-order chi connectivity index (χ1) is 12.3. The predicted octanol–water partition coefficient (Wildman–Crippen LogP) is 0.562. The molecule has 2 aromatic rings. The molecular formula is C18H24N4O3S. The molecule has 1 aromatic heterocycles. The van der Waals surface area contributed by atoms with E-state index in [0.717, 1.165) is 18.5 Å². The third-order valence-corrected chi connectivity index (χ3v) is 4.86. The zero-order valence-electron chi connectivity index (χ0n) is 14.8. The molecule has 0 saturated heterocycles. The molecule has 0 spiro atoms. The number of sulfonamides is 1. The number of benzene rings is 1. The molecule has 0 aliphatic heterocycles. The van der Waals surface area contributed by atoms with Gasteiger partial charge in [-0.25, -0.2) is 13.6 Å². The quantitative estimate of drug-likeness (QED) is 0.665. The first kappa shape index (κ1) is 20.0. The lowest BCUT2D eigenvalue weighted by Crippen LogP contribution is -2.36. The summed E-state index contributed by atoms with van der Waals surface area (Å²) in [5.74, 6) is -0.0385. The number of hydrogen-bond acceptors (Lipinski definition) is 5. The summed E-state index contributed by atoms with van der Waals surface area (Å²) in [7, 11) is -1.76. The molecule has 0 aliphatic carbocycles. The van der Waals surface area contributed by atoms with E-state index in [0.29, 0.717) is 19.5 Å². The van der Waals surface area contributed by atoms with Gasteiger partial charge in [-0.2, -0.15) is 0 Å². The monoisotopic (exact) mass is 376 g/mol. The van der Waals surface area contributed by atoms with E-state index < -0.39 is 10.0 Å². The Morgan fingerprint density at radius 2 is 1.69 bits per heavy atom. The van der Waals surface area contributed by atoms with E-state index in [9.17, 15) is 13.2 Å². The average molecular weight is 376 g/mol. The van der Waals surface area contributed by atoms with Gasteiger partial charge in [0.2, 0.25) is 15.9 Å². The first-order valence-electron chi connectivity index (χ1n) is 8.30. The lowest BCUT2D eigenvalue weighted by Gasteiger charge is -2.16. The molecule has 26 heavy (non-hydrogen) atoms. The zero-order chi connectivity index (χ0) is 19.0. The van der Waals surface area contributed by atoms with Gasteiger partial charge in [-0.15, -0.1) is 0 Å². The predicted molar refractivity (Wildman–Crippen MR) is 100.0 cm³/mol. The largest absolute Gasteiger partial charge is 0.355 e. The number of nitrogens with zero attached hydrogens (tertiary/aromatic N) is 2. The van der Waals surface area contributed by atoms with Gasteiger partial charge < -0.3 is 5.32 Å². The molecular weight excluding hydrogens is 352 g/mol. The fourth-order valence-electron chi connectivity index (χ4n) is 2.44. The second kappa shape index (κ2) is 9.42. The molecule has 8 heteroatoms. The number of nitrogens with one attached hydrogen (secondary N) is 1. The van der Waals surface area contributed by atoms with Crippen molar-refractivity contribution in [1.29, 1.82) is 0 Å². The summed E-state index contributed by atoms with van der Waals surface area (Å²) >= 11 is 0. The lowest BCUT2D eigenvalue weighted by molar-refractivity contribution is -0.121. The summed E-state index contributed by atoms with van der Waals surface area (Å²) in [6.45, 7) is 1.60. The number of pyridine rings is 1. The van der Waals surface area contributed by atoms with Gasteiger partial charge in [0.15, 0.2) is 0 Å². The maximum atomic E-state index is 12.0. The van der Waals surface area contributed by atoms with Crippen LogP contribution in [0.15, 0.2) is 53.7 Å². The van der Waals surface area contributed by atoms with Gasteiger partial charge >= 0.3 is 0 Å². The van der Waals surface area contributed by atoms with Crippen LogP contribution in [-0.2, 0) is 27.7 Å². The van der Waals surface area contributed by atoms with Crippen molar-refractivity contribution in [3.63, 3.8) is 0 Å². The molecule has 0 fully saturated rings. The normalized spacial score (nSPS) is 11.5. The number of rotatable bonds is 9. The Kier molecular flexibility index (Phi) is 7.26. The van der Waals surface area contributed by atoms with E-state index in [2.05, 4.69) is 10.3 Å². The molecule has 7 nitrogen and oxygen atoms in total. The molecule has 3 N–H and O–H groups in total. The fraction of sp³-hybridized carbons (Fsp3) is 0.333. The minimum Gasteiger partial charge on any atom is -0.355 e. The van der Waals surface area contributed by atoms with Crippen molar-refractivity contribution in [2.24, 2.45) is 5.14 Å². The second-order valence-corrected chi connectivity index (χ2v) is 7.69. The van der Waals surface area contributed by atoms with Crippen LogP contribution in [0, 0.1) is 0 Å². The van der Waals surface area contributed by atoms with Gasteiger partial charge in [0.1, 0.15) is 0 Å². The van der Waals surface area contributed by atoms with Gasteiger partial charge in [-0.3, -0.25) is 14.7 Å². The Morgan fingerprint density at radius 1 is 1.08 bits per heavy atom. The first-order valence-corrected chi connectivity index (χ1v) is 9.85. The smallest absolute Gasteiger partial charge is 0.238 e. The Morgan fingerprint density at radius 3 is 2.31 bits per heavy atom. The zero-order valence-corrected chi connectivity index (χ0v) is 15.6. The summed E-state index contributed by atoms with van der Waals surface area (Å²) < 4.78 is 22.4. The molecule has 0 aliphatic rings. The molecule has 140 valence electrons. The van der Waals surface area contributed by atoms with Gasteiger partial charge in [0.05, 0.1) is 11.4 Å². The summed E-state index contributed by atoms with van der Waals surface area (Å²) in [6.07, 6.45) is 5.01. The number of carbonyl (C=O) groups is 1. The number of likely N-dealkylation sites (N-methyl/N-ethyl adjacent to an activating group) is 1. The van der Waals surface area contributed by atoms with Gasteiger partial charge in [-0.1, -0.05) is 12.1 Å². The highest BCUT2D eigenvalue weighted by molar-refractivity contribution is 7.89. The second-order valence-electron chi connectivity index (χ2n) is 6.13. The topological polar surface area (TPSA) is 105 Å². The van der Waals surface area contributed by atoms with Crippen LogP contribution < -0.4 is 10.5 Å². The number of nitrogens with two attached hydrogens (primary N) is 1. The van der Waals surface area contributed by atoms with E-state index in [1.807, 2.05) is 24.1 Å². The number of carbonyl (C=O) groups excluding carboxylic acids is 1. The third-order valence-electron chi connectivity index (χ3n) is 3.93. The summed E-state index contributed by atoms with van der Waals surface area (Å²) in [5.41, 5.74) is 2.12. The Balaban J connectivity index is 1.68. The maximum absolute atomic E-state index is 12.0. The highest BCUT2D eigenvalue weighted by atomic mass is 32.2.